The second-order valence-electron chi connectivity index (χ2n) is 4.38. The van der Waals surface area contributed by atoms with Gasteiger partial charge >= 0.3 is 0 Å². The number of aryl methyl sites for hydroxylation is 1. The van der Waals surface area contributed by atoms with Gasteiger partial charge in [0, 0.05) is 12.6 Å². The van der Waals surface area contributed by atoms with Crippen LogP contribution in [0, 0.1) is 12.8 Å². The molecule has 2 rings (SSSR count). The van der Waals surface area contributed by atoms with Crippen LogP contribution in [0.5, 0.6) is 0 Å². The third-order valence-electron chi connectivity index (χ3n) is 2.33. The predicted octanol–water partition coefficient (Wildman–Crippen LogP) is 1.82. The van der Waals surface area contributed by atoms with Crippen LogP contribution in [-0.2, 0) is 6.42 Å². The van der Waals surface area contributed by atoms with Gasteiger partial charge in [0.25, 0.3) is 0 Å². The van der Waals surface area contributed by atoms with Crippen molar-refractivity contribution in [3.05, 3.63) is 23.7 Å². The molecule has 0 aliphatic carbocycles. The average molecular weight is 204 g/mol. The number of nitrogens with zero attached hydrogens (tertiary/aromatic N) is 3. The van der Waals surface area contributed by atoms with Gasteiger partial charge in [-0.1, -0.05) is 13.8 Å². The van der Waals surface area contributed by atoms with Crippen molar-refractivity contribution in [3.63, 3.8) is 0 Å². The minimum Gasteiger partial charge on any atom is -0.396 e. The van der Waals surface area contributed by atoms with Crippen LogP contribution in [0.25, 0.3) is 5.65 Å². The molecule has 0 bridgehead atoms. The molecule has 80 valence electrons. The van der Waals surface area contributed by atoms with Crippen LogP contribution in [0.1, 0.15) is 25.2 Å². The molecule has 0 unspecified atom stereocenters. The molecule has 2 aromatic rings. The van der Waals surface area contributed by atoms with Crippen molar-refractivity contribution >= 4 is 11.3 Å². The number of rotatable bonds is 2. The number of hydrogen-bond donors (Lipinski definition) is 1. The summed E-state index contributed by atoms with van der Waals surface area (Å²) < 4.78 is 1.99. The molecule has 0 saturated carbocycles. The zero-order chi connectivity index (χ0) is 11.0. The number of fused-ring (bicyclic) bond motifs is 1. The van der Waals surface area contributed by atoms with Crippen LogP contribution in [0.4, 0.5) is 5.69 Å². The summed E-state index contributed by atoms with van der Waals surface area (Å²) in [7, 11) is 0. The SMILES string of the molecule is Cc1cc(N)c2nnc(CC(C)C)n2c1. The molecule has 15 heavy (non-hydrogen) atoms. The smallest absolute Gasteiger partial charge is 0.184 e. The monoisotopic (exact) mass is 204 g/mol. The van der Waals surface area contributed by atoms with Gasteiger partial charge in [0.15, 0.2) is 5.65 Å². The van der Waals surface area contributed by atoms with E-state index in [-0.39, 0.29) is 0 Å². The molecule has 2 heterocycles. The summed E-state index contributed by atoms with van der Waals surface area (Å²) in [6.07, 6.45) is 2.95. The zero-order valence-corrected chi connectivity index (χ0v) is 9.36. The Morgan fingerprint density at radius 3 is 2.80 bits per heavy atom. The van der Waals surface area contributed by atoms with Gasteiger partial charge in [0.1, 0.15) is 5.82 Å². The lowest BCUT2D eigenvalue weighted by atomic mass is 10.1. The molecule has 0 saturated heterocycles. The molecule has 4 nitrogen and oxygen atoms in total. The van der Waals surface area contributed by atoms with E-state index in [2.05, 4.69) is 24.0 Å². The van der Waals surface area contributed by atoms with Crippen molar-refractivity contribution in [1.29, 1.82) is 0 Å². The third kappa shape index (κ3) is 1.79. The highest BCUT2D eigenvalue weighted by molar-refractivity contribution is 5.64. The fraction of sp³-hybridized carbons (Fsp3) is 0.455. The van der Waals surface area contributed by atoms with E-state index in [1.165, 1.54) is 0 Å². The van der Waals surface area contributed by atoms with E-state index in [0.29, 0.717) is 11.6 Å². The molecule has 0 aromatic carbocycles. The predicted molar refractivity (Wildman–Crippen MR) is 60.7 cm³/mol. The van der Waals surface area contributed by atoms with Crippen LogP contribution < -0.4 is 5.73 Å². The molecule has 2 N–H and O–H groups in total. The van der Waals surface area contributed by atoms with Gasteiger partial charge < -0.3 is 5.73 Å². The molecule has 0 atom stereocenters. The first-order chi connectivity index (χ1) is 7.08. The first-order valence-corrected chi connectivity index (χ1v) is 5.17. The summed E-state index contributed by atoms with van der Waals surface area (Å²) in [5.74, 6) is 1.55. The van der Waals surface area contributed by atoms with Crippen molar-refractivity contribution in [2.75, 3.05) is 5.73 Å². The molecule has 0 amide bonds. The fourth-order valence-electron chi connectivity index (χ4n) is 1.71. The Morgan fingerprint density at radius 2 is 2.13 bits per heavy atom. The first-order valence-electron chi connectivity index (χ1n) is 5.17. The Bertz CT molecular complexity index is 485. The van der Waals surface area contributed by atoms with E-state index in [9.17, 15) is 0 Å². The average Bonchev–Trinajstić information content (AvgIpc) is 2.48. The van der Waals surface area contributed by atoms with Crippen LogP contribution in [0.3, 0.4) is 0 Å². The summed E-state index contributed by atoms with van der Waals surface area (Å²) in [5, 5.41) is 8.27. The maximum absolute atomic E-state index is 5.88. The summed E-state index contributed by atoms with van der Waals surface area (Å²) in [6, 6.07) is 1.92. The van der Waals surface area contributed by atoms with E-state index in [4.69, 9.17) is 5.73 Å². The Balaban J connectivity index is 2.58. The summed E-state index contributed by atoms with van der Waals surface area (Å²) in [6.45, 7) is 6.36. The van der Waals surface area contributed by atoms with Crippen LogP contribution in [-0.4, -0.2) is 14.6 Å². The minimum atomic E-state index is 0.569. The Labute approximate surface area is 89.1 Å². The fourth-order valence-corrected chi connectivity index (χ4v) is 1.71. The van der Waals surface area contributed by atoms with Crippen molar-refractivity contribution in [3.8, 4) is 0 Å². The lowest BCUT2D eigenvalue weighted by molar-refractivity contribution is 0.616. The lowest BCUT2D eigenvalue weighted by Crippen LogP contribution is -2.02. The van der Waals surface area contributed by atoms with Gasteiger partial charge in [-0.15, -0.1) is 10.2 Å². The molecule has 0 aliphatic rings. The van der Waals surface area contributed by atoms with Gasteiger partial charge in [-0.2, -0.15) is 0 Å². The zero-order valence-electron chi connectivity index (χ0n) is 9.36. The molecule has 4 heteroatoms. The maximum atomic E-state index is 5.88. The number of nitrogens with two attached hydrogens (primary N) is 1. The number of hydrogen-bond acceptors (Lipinski definition) is 3. The highest BCUT2D eigenvalue weighted by atomic mass is 15.2. The van der Waals surface area contributed by atoms with E-state index in [1.807, 2.05) is 23.6 Å². The molecule has 0 radical (unpaired) electrons. The molecule has 0 aliphatic heterocycles. The highest BCUT2D eigenvalue weighted by Gasteiger charge is 2.09. The molecular weight excluding hydrogens is 188 g/mol. The van der Waals surface area contributed by atoms with Gasteiger partial charge in [0.2, 0.25) is 0 Å². The van der Waals surface area contributed by atoms with Crippen molar-refractivity contribution in [2.45, 2.75) is 27.2 Å². The minimum absolute atomic E-state index is 0.569. The molecule has 2 aromatic heterocycles. The van der Waals surface area contributed by atoms with Crippen molar-refractivity contribution in [1.82, 2.24) is 14.6 Å². The van der Waals surface area contributed by atoms with Gasteiger partial charge in [-0.05, 0) is 24.5 Å². The van der Waals surface area contributed by atoms with Crippen LogP contribution in [0.2, 0.25) is 0 Å². The number of nitrogen functional groups attached to an aromatic ring is 1. The summed E-state index contributed by atoms with van der Waals surface area (Å²) in [4.78, 5) is 0. The Hall–Kier alpha value is -1.58. The van der Waals surface area contributed by atoms with Crippen LogP contribution >= 0.6 is 0 Å². The first kappa shape index (κ1) is 9.96. The van der Waals surface area contributed by atoms with Crippen molar-refractivity contribution < 1.29 is 0 Å². The highest BCUT2D eigenvalue weighted by Crippen LogP contribution is 2.16. The standard InChI is InChI=1S/C11H16N4/c1-7(2)4-10-13-14-11-9(12)5-8(3)6-15(10)11/h5-7H,4,12H2,1-3H3. The number of pyridine rings is 1. The van der Waals surface area contributed by atoms with E-state index in [0.717, 1.165) is 23.5 Å². The number of anilines is 1. The van der Waals surface area contributed by atoms with E-state index < -0.39 is 0 Å². The lowest BCUT2D eigenvalue weighted by Gasteiger charge is -2.04. The summed E-state index contributed by atoms with van der Waals surface area (Å²) >= 11 is 0. The van der Waals surface area contributed by atoms with Crippen LogP contribution in [0.15, 0.2) is 12.3 Å². The molecular formula is C11H16N4. The Morgan fingerprint density at radius 1 is 1.40 bits per heavy atom. The van der Waals surface area contributed by atoms with Gasteiger partial charge in [0.05, 0.1) is 5.69 Å². The molecule has 0 fully saturated rings. The van der Waals surface area contributed by atoms with Gasteiger partial charge in [-0.3, -0.25) is 4.40 Å². The number of aromatic nitrogens is 3. The quantitative estimate of drug-likeness (QED) is 0.811. The maximum Gasteiger partial charge on any atom is 0.184 e. The van der Waals surface area contributed by atoms with E-state index in [1.54, 1.807) is 0 Å². The topological polar surface area (TPSA) is 56.2 Å². The van der Waals surface area contributed by atoms with Gasteiger partial charge in [-0.25, -0.2) is 0 Å². The largest absolute Gasteiger partial charge is 0.396 e. The normalized spacial score (nSPS) is 11.5. The Kier molecular flexibility index (Phi) is 2.34. The second kappa shape index (κ2) is 3.53. The van der Waals surface area contributed by atoms with Crippen molar-refractivity contribution in [2.24, 2.45) is 5.92 Å². The third-order valence-corrected chi connectivity index (χ3v) is 2.33. The molecule has 0 spiro atoms. The second-order valence-corrected chi connectivity index (χ2v) is 4.38. The summed E-state index contributed by atoms with van der Waals surface area (Å²) in [5.41, 5.74) is 8.46. The van der Waals surface area contributed by atoms with E-state index >= 15 is 0 Å².